The lowest BCUT2D eigenvalue weighted by Crippen LogP contribution is -1.99. The molecule has 2 aromatic carbocycles. The summed E-state index contributed by atoms with van der Waals surface area (Å²) in [6.45, 7) is 6.38. The molecule has 0 aliphatic heterocycles. The van der Waals surface area contributed by atoms with Gasteiger partial charge in [0.05, 0.1) is 0 Å². The minimum atomic E-state index is 0.0444. The molecule has 90 valence electrons. The summed E-state index contributed by atoms with van der Waals surface area (Å²) in [6.07, 6.45) is 0. The summed E-state index contributed by atoms with van der Waals surface area (Å²) in [6, 6.07) is 18.8. The van der Waals surface area contributed by atoms with Crippen LogP contribution in [-0.2, 0) is 0 Å². The highest BCUT2D eigenvalue weighted by atomic mass is 14.1. The van der Waals surface area contributed by atoms with E-state index >= 15 is 0 Å². The first-order valence-electron chi connectivity index (χ1n) is 6.23. The van der Waals surface area contributed by atoms with Crippen LogP contribution >= 0.6 is 0 Å². The summed E-state index contributed by atoms with van der Waals surface area (Å²) < 4.78 is 0. The van der Waals surface area contributed by atoms with Crippen molar-refractivity contribution in [3.63, 3.8) is 0 Å². The molecule has 2 rings (SSSR count). The Morgan fingerprint density at radius 3 is 2.11 bits per heavy atom. The summed E-state index contributed by atoms with van der Waals surface area (Å²) in [5.74, 6) is 6.51. The molecule has 0 saturated heterocycles. The van der Waals surface area contributed by atoms with Gasteiger partial charge in [0.1, 0.15) is 0 Å². The monoisotopic (exact) mass is 234 g/mol. The van der Waals surface area contributed by atoms with Crippen molar-refractivity contribution in [3.8, 4) is 23.0 Å². The predicted octanol–water partition coefficient (Wildman–Crippen LogP) is 4.75. The van der Waals surface area contributed by atoms with Crippen molar-refractivity contribution in [2.45, 2.75) is 20.8 Å². The van der Waals surface area contributed by atoms with Crippen molar-refractivity contribution in [2.24, 2.45) is 5.41 Å². The molecule has 0 aliphatic carbocycles. The zero-order valence-corrected chi connectivity index (χ0v) is 11.2. The van der Waals surface area contributed by atoms with Crippen molar-refractivity contribution >= 4 is 0 Å². The van der Waals surface area contributed by atoms with Crippen molar-refractivity contribution in [2.75, 3.05) is 0 Å². The molecular formula is C18H18. The van der Waals surface area contributed by atoms with E-state index in [0.717, 1.165) is 5.56 Å². The second-order valence-corrected chi connectivity index (χ2v) is 5.45. The van der Waals surface area contributed by atoms with E-state index in [-0.39, 0.29) is 5.41 Å². The Morgan fingerprint density at radius 1 is 0.778 bits per heavy atom. The second-order valence-electron chi connectivity index (χ2n) is 5.45. The van der Waals surface area contributed by atoms with Gasteiger partial charge in [-0.3, -0.25) is 0 Å². The van der Waals surface area contributed by atoms with E-state index in [4.69, 9.17) is 0 Å². The zero-order chi connectivity index (χ0) is 13.0. The smallest absolute Gasteiger partial charge is 0.0251 e. The lowest BCUT2D eigenvalue weighted by molar-refractivity contribution is 0.571. The van der Waals surface area contributed by atoms with Gasteiger partial charge in [0, 0.05) is 11.0 Å². The van der Waals surface area contributed by atoms with Gasteiger partial charge in [-0.05, 0) is 44.0 Å². The van der Waals surface area contributed by atoms with Crippen molar-refractivity contribution < 1.29 is 0 Å². The standard InChI is InChI=1S/C18H18/c1-18(2,3)13-12-15-8-7-11-17(14-15)16-9-5-4-6-10-16/h4-11,14H,1-3H3. The number of benzene rings is 2. The Labute approximate surface area is 110 Å². The van der Waals surface area contributed by atoms with Crippen LogP contribution in [0, 0.1) is 17.3 Å². The quantitative estimate of drug-likeness (QED) is 0.624. The van der Waals surface area contributed by atoms with Gasteiger partial charge in [0.2, 0.25) is 0 Å². The maximum absolute atomic E-state index is 3.27. The van der Waals surface area contributed by atoms with E-state index in [1.165, 1.54) is 11.1 Å². The molecule has 0 heteroatoms. The topological polar surface area (TPSA) is 0 Å². The number of rotatable bonds is 1. The molecule has 0 nitrogen and oxygen atoms in total. The Bertz CT molecular complexity index is 575. The average molecular weight is 234 g/mol. The first-order chi connectivity index (χ1) is 8.54. The molecule has 18 heavy (non-hydrogen) atoms. The fraction of sp³-hybridized carbons (Fsp3) is 0.222. The largest absolute Gasteiger partial charge is 0.0920 e. The third-order valence-corrected chi connectivity index (χ3v) is 2.55. The van der Waals surface area contributed by atoms with Crippen LogP contribution in [0.5, 0.6) is 0 Å². The third-order valence-electron chi connectivity index (χ3n) is 2.55. The molecule has 0 atom stereocenters. The Hall–Kier alpha value is -2.00. The first-order valence-corrected chi connectivity index (χ1v) is 6.23. The van der Waals surface area contributed by atoms with Crippen LogP contribution in [0.1, 0.15) is 26.3 Å². The second kappa shape index (κ2) is 5.10. The minimum Gasteiger partial charge on any atom is -0.0920 e. The van der Waals surface area contributed by atoms with Crippen molar-refractivity contribution in [3.05, 3.63) is 60.2 Å². The molecular weight excluding hydrogens is 216 g/mol. The van der Waals surface area contributed by atoms with E-state index in [1.807, 2.05) is 6.07 Å². The SMILES string of the molecule is CC(C)(C)C#Cc1cccc(-c2ccccc2)c1. The van der Waals surface area contributed by atoms with Gasteiger partial charge in [-0.2, -0.15) is 0 Å². The highest BCUT2D eigenvalue weighted by Gasteiger charge is 2.03. The van der Waals surface area contributed by atoms with Crippen LogP contribution in [0.3, 0.4) is 0 Å². The summed E-state index contributed by atoms with van der Waals surface area (Å²) in [4.78, 5) is 0. The molecule has 0 unspecified atom stereocenters. The van der Waals surface area contributed by atoms with Crippen LogP contribution in [0.2, 0.25) is 0 Å². The van der Waals surface area contributed by atoms with Crippen LogP contribution in [0.25, 0.3) is 11.1 Å². The minimum absolute atomic E-state index is 0.0444. The lowest BCUT2D eigenvalue weighted by Gasteiger charge is -2.07. The fourth-order valence-corrected chi connectivity index (χ4v) is 1.67. The van der Waals surface area contributed by atoms with Gasteiger partial charge >= 0.3 is 0 Å². The van der Waals surface area contributed by atoms with Crippen LogP contribution in [0.4, 0.5) is 0 Å². The van der Waals surface area contributed by atoms with E-state index in [1.54, 1.807) is 0 Å². The molecule has 0 saturated carbocycles. The highest BCUT2D eigenvalue weighted by molar-refractivity contribution is 5.65. The Morgan fingerprint density at radius 2 is 1.44 bits per heavy atom. The Balaban J connectivity index is 2.34. The highest BCUT2D eigenvalue weighted by Crippen LogP contribution is 2.20. The maximum Gasteiger partial charge on any atom is 0.0251 e. The van der Waals surface area contributed by atoms with E-state index in [2.05, 4.69) is 81.1 Å². The fourth-order valence-electron chi connectivity index (χ4n) is 1.67. The van der Waals surface area contributed by atoms with Crippen LogP contribution in [-0.4, -0.2) is 0 Å². The molecule has 2 aromatic rings. The number of hydrogen-bond acceptors (Lipinski definition) is 0. The molecule has 0 radical (unpaired) electrons. The van der Waals surface area contributed by atoms with Gasteiger partial charge in [-0.15, -0.1) is 0 Å². The molecule has 0 aliphatic rings. The van der Waals surface area contributed by atoms with Crippen molar-refractivity contribution in [1.29, 1.82) is 0 Å². The maximum atomic E-state index is 3.27. The molecule has 0 aromatic heterocycles. The van der Waals surface area contributed by atoms with E-state index in [9.17, 15) is 0 Å². The van der Waals surface area contributed by atoms with E-state index < -0.39 is 0 Å². The van der Waals surface area contributed by atoms with Crippen molar-refractivity contribution in [1.82, 2.24) is 0 Å². The van der Waals surface area contributed by atoms with Gasteiger partial charge in [-0.1, -0.05) is 54.3 Å². The summed E-state index contributed by atoms with van der Waals surface area (Å²) >= 11 is 0. The van der Waals surface area contributed by atoms with E-state index in [0.29, 0.717) is 0 Å². The van der Waals surface area contributed by atoms with Crippen LogP contribution < -0.4 is 0 Å². The molecule has 0 fully saturated rings. The molecule has 0 N–H and O–H groups in total. The van der Waals surface area contributed by atoms with Crippen LogP contribution in [0.15, 0.2) is 54.6 Å². The first kappa shape index (κ1) is 12.5. The van der Waals surface area contributed by atoms with Gasteiger partial charge in [0.25, 0.3) is 0 Å². The lowest BCUT2D eigenvalue weighted by atomic mass is 9.97. The number of hydrogen-bond donors (Lipinski definition) is 0. The van der Waals surface area contributed by atoms with Gasteiger partial charge < -0.3 is 0 Å². The summed E-state index contributed by atoms with van der Waals surface area (Å²) in [7, 11) is 0. The molecule has 0 amide bonds. The van der Waals surface area contributed by atoms with Gasteiger partial charge in [-0.25, -0.2) is 0 Å². The predicted molar refractivity (Wildman–Crippen MR) is 78.2 cm³/mol. The van der Waals surface area contributed by atoms with Gasteiger partial charge in [0.15, 0.2) is 0 Å². The zero-order valence-electron chi connectivity index (χ0n) is 11.2. The molecule has 0 bridgehead atoms. The molecule has 0 heterocycles. The normalized spacial score (nSPS) is 10.6. The molecule has 0 spiro atoms. The third kappa shape index (κ3) is 3.50. The summed E-state index contributed by atoms with van der Waals surface area (Å²) in [5, 5.41) is 0. The Kier molecular flexibility index (Phi) is 3.53. The summed E-state index contributed by atoms with van der Waals surface area (Å²) in [5.41, 5.74) is 3.57. The average Bonchev–Trinajstić information content (AvgIpc) is 2.37.